The number of halogens is 1. The molecule has 0 heterocycles. The maximum Gasteiger partial charge on any atom is 0.125 e. The summed E-state index contributed by atoms with van der Waals surface area (Å²) in [7, 11) is 0. The summed E-state index contributed by atoms with van der Waals surface area (Å²) in [4.78, 5) is 0. The average molecular weight is 151 g/mol. The second-order valence-electron chi connectivity index (χ2n) is 2.43. The number of hydrogen-bond acceptors (Lipinski definition) is 1. The van der Waals surface area contributed by atoms with Crippen LogP contribution in [0.25, 0.3) is 6.08 Å². The van der Waals surface area contributed by atoms with E-state index in [9.17, 15) is 4.39 Å². The van der Waals surface area contributed by atoms with E-state index in [0.717, 1.165) is 11.1 Å². The third-order valence-corrected chi connectivity index (χ3v) is 1.59. The number of aryl methyl sites for hydroxylation is 1. The molecule has 0 atom stereocenters. The number of benzene rings is 1. The van der Waals surface area contributed by atoms with Gasteiger partial charge in [0.1, 0.15) is 5.82 Å². The van der Waals surface area contributed by atoms with Crippen LogP contribution in [0.1, 0.15) is 11.1 Å². The van der Waals surface area contributed by atoms with Crippen molar-refractivity contribution < 1.29 is 4.39 Å². The van der Waals surface area contributed by atoms with E-state index in [1.165, 1.54) is 12.1 Å². The van der Waals surface area contributed by atoms with Crippen molar-refractivity contribution >= 4 is 11.8 Å². The Bertz CT molecular complexity index is 269. The first-order chi connectivity index (χ1) is 5.15. The summed E-state index contributed by atoms with van der Waals surface area (Å²) in [6, 6.07) is 2.73. The van der Waals surface area contributed by atoms with Crippen LogP contribution in [0.3, 0.4) is 0 Å². The summed E-state index contributed by atoms with van der Waals surface area (Å²) < 4.78 is 12.6. The SMILES string of the molecule is C=Cc1c(C)cc(F)cc1N. The molecule has 1 nitrogen and oxygen atoms in total. The zero-order chi connectivity index (χ0) is 8.43. The molecule has 1 aromatic rings. The monoisotopic (exact) mass is 151 g/mol. The third-order valence-electron chi connectivity index (χ3n) is 1.59. The minimum absolute atomic E-state index is 0.300. The van der Waals surface area contributed by atoms with Crippen molar-refractivity contribution in [1.29, 1.82) is 0 Å². The molecule has 2 N–H and O–H groups in total. The Morgan fingerprint density at radius 3 is 2.64 bits per heavy atom. The second-order valence-corrected chi connectivity index (χ2v) is 2.43. The quantitative estimate of drug-likeness (QED) is 0.612. The summed E-state index contributed by atoms with van der Waals surface area (Å²) in [5.41, 5.74) is 7.59. The Hall–Kier alpha value is -1.31. The van der Waals surface area contributed by atoms with E-state index in [1.807, 2.05) is 0 Å². The normalized spacial score (nSPS) is 9.64. The Morgan fingerprint density at radius 1 is 1.55 bits per heavy atom. The molecule has 58 valence electrons. The molecule has 0 amide bonds. The molecule has 0 bridgehead atoms. The van der Waals surface area contributed by atoms with Crippen molar-refractivity contribution in [2.24, 2.45) is 0 Å². The number of rotatable bonds is 1. The standard InChI is InChI=1S/C9H10FN/c1-3-8-6(2)4-7(10)5-9(8)11/h3-5H,1,11H2,2H3. The maximum absolute atomic E-state index is 12.6. The topological polar surface area (TPSA) is 26.0 Å². The van der Waals surface area contributed by atoms with Gasteiger partial charge < -0.3 is 5.73 Å². The third kappa shape index (κ3) is 1.40. The van der Waals surface area contributed by atoms with Crippen molar-refractivity contribution in [2.45, 2.75) is 6.92 Å². The van der Waals surface area contributed by atoms with Gasteiger partial charge in [-0.1, -0.05) is 12.7 Å². The van der Waals surface area contributed by atoms with Crippen molar-refractivity contribution in [3.8, 4) is 0 Å². The summed E-state index contributed by atoms with van der Waals surface area (Å²) in [6.07, 6.45) is 1.63. The Kier molecular flexibility index (Phi) is 1.94. The van der Waals surface area contributed by atoms with E-state index < -0.39 is 0 Å². The molecule has 11 heavy (non-hydrogen) atoms. The molecule has 0 aliphatic rings. The summed E-state index contributed by atoms with van der Waals surface area (Å²) in [5.74, 6) is -0.300. The summed E-state index contributed by atoms with van der Waals surface area (Å²) in [6.45, 7) is 5.38. The van der Waals surface area contributed by atoms with Gasteiger partial charge in [0.2, 0.25) is 0 Å². The van der Waals surface area contributed by atoms with Gasteiger partial charge in [-0.05, 0) is 30.2 Å². The van der Waals surface area contributed by atoms with Gasteiger partial charge in [0.15, 0.2) is 0 Å². The van der Waals surface area contributed by atoms with Crippen LogP contribution in [0.15, 0.2) is 18.7 Å². The first kappa shape index (κ1) is 7.79. The van der Waals surface area contributed by atoms with Crippen LogP contribution in [0.5, 0.6) is 0 Å². The Balaban J connectivity index is 3.36. The number of anilines is 1. The van der Waals surface area contributed by atoms with Gasteiger partial charge in [0.25, 0.3) is 0 Å². The first-order valence-electron chi connectivity index (χ1n) is 3.33. The largest absolute Gasteiger partial charge is 0.398 e. The molecular formula is C9H10FN. The summed E-state index contributed by atoms with van der Waals surface area (Å²) >= 11 is 0. The van der Waals surface area contributed by atoms with Crippen molar-refractivity contribution in [3.63, 3.8) is 0 Å². The Morgan fingerprint density at radius 2 is 2.18 bits per heavy atom. The van der Waals surface area contributed by atoms with Gasteiger partial charge in [-0.25, -0.2) is 4.39 Å². The molecule has 0 saturated heterocycles. The summed E-state index contributed by atoms with van der Waals surface area (Å²) in [5, 5.41) is 0. The van der Waals surface area contributed by atoms with Gasteiger partial charge in [-0.15, -0.1) is 0 Å². The van der Waals surface area contributed by atoms with Crippen LogP contribution in [0, 0.1) is 12.7 Å². The van der Waals surface area contributed by atoms with Crippen LogP contribution < -0.4 is 5.73 Å². The average Bonchev–Trinajstić information content (AvgIpc) is 1.85. The molecule has 0 saturated carbocycles. The fourth-order valence-corrected chi connectivity index (χ4v) is 1.06. The highest BCUT2D eigenvalue weighted by Crippen LogP contribution is 2.19. The molecule has 1 rings (SSSR count). The van der Waals surface area contributed by atoms with E-state index in [-0.39, 0.29) is 5.82 Å². The lowest BCUT2D eigenvalue weighted by Gasteiger charge is -2.03. The Labute approximate surface area is 65.3 Å². The van der Waals surface area contributed by atoms with Gasteiger partial charge >= 0.3 is 0 Å². The van der Waals surface area contributed by atoms with E-state index in [2.05, 4.69) is 6.58 Å². The van der Waals surface area contributed by atoms with Crippen LogP contribution in [-0.2, 0) is 0 Å². The number of hydrogen-bond donors (Lipinski definition) is 1. The lowest BCUT2D eigenvalue weighted by Crippen LogP contribution is -1.93. The highest BCUT2D eigenvalue weighted by Gasteiger charge is 2.00. The minimum Gasteiger partial charge on any atom is -0.398 e. The maximum atomic E-state index is 12.6. The zero-order valence-electron chi connectivity index (χ0n) is 6.39. The van der Waals surface area contributed by atoms with Crippen LogP contribution >= 0.6 is 0 Å². The molecule has 1 aromatic carbocycles. The highest BCUT2D eigenvalue weighted by atomic mass is 19.1. The van der Waals surface area contributed by atoms with E-state index in [1.54, 1.807) is 13.0 Å². The molecule has 0 unspecified atom stereocenters. The molecule has 0 aliphatic heterocycles. The lowest BCUT2D eigenvalue weighted by molar-refractivity contribution is 0.627. The molecule has 0 fully saturated rings. The van der Waals surface area contributed by atoms with Crippen molar-refractivity contribution in [2.75, 3.05) is 5.73 Å². The predicted molar refractivity (Wildman–Crippen MR) is 45.6 cm³/mol. The van der Waals surface area contributed by atoms with E-state index in [4.69, 9.17) is 5.73 Å². The fourth-order valence-electron chi connectivity index (χ4n) is 1.06. The zero-order valence-corrected chi connectivity index (χ0v) is 6.39. The van der Waals surface area contributed by atoms with Gasteiger partial charge in [0.05, 0.1) is 0 Å². The smallest absolute Gasteiger partial charge is 0.125 e. The van der Waals surface area contributed by atoms with Gasteiger partial charge in [0, 0.05) is 5.69 Å². The lowest BCUT2D eigenvalue weighted by atomic mass is 10.1. The molecule has 2 heteroatoms. The second kappa shape index (κ2) is 2.74. The minimum atomic E-state index is -0.300. The molecule has 0 aromatic heterocycles. The highest BCUT2D eigenvalue weighted by molar-refractivity contribution is 5.66. The molecule has 0 spiro atoms. The van der Waals surface area contributed by atoms with E-state index >= 15 is 0 Å². The van der Waals surface area contributed by atoms with Crippen LogP contribution in [0.2, 0.25) is 0 Å². The van der Waals surface area contributed by atoms with Crippen molar-refractivity contribution in [1.82, 2.24) is 0 Å². The van der Waals surface area contributed by atoms with E-state index in [0.29, 0.717) is 5.69 Å². The van der Waals surface area contributed by atoms with Gasteiger partial charge in [-0.2, -0.15) is 0 Å². The van der Waals surface area contributed by atoms with Gasteiger partial charge in [-0.3, -0.25) is 0 Å². The number of nitrogen functional groups attached to an aromatic ring is 1. The van der Waals surface area contributed by atoms with Crippen molar-refractivity contribution in [3.05, 3.63) is 35.7 Å². The van der Waals surface area contributed by atoms with Crippen LogP contribution in [-0.4, -0.2) is 0 Å². The number of nitrogens with two attached hydrogens (primary N) is 1. The molecule has 0 aliphatic carbocycles. The van der Waals surface area contributed by atoms with Crippen LogP contribution in [0.4, 0.5) is 10.1 Å². The fraction of sp³-hybridized carbons (Fsp3) is 0.111. The molecule has 0 radical (unpaired) electrons. The first-order valence-corrected chi connectivity index (χ1v) is 3.33. The molecular weight excluding hydrogens is 141 g/mol. The predicted octanol–water partition coefficient (Wildman–Crippen LogP) is 2.36.